The molecule has 2 aromatic heterocycles. The lowest BCUT2D eigenvalue weighted by Crippen LogP contribution is -2.43. The van der Waals surface area contributed by atoms with Crippen LogP contribution in [0.5, 0.6) is 0 Å². The van der Waals surface area contributed by atoms with Crippen LogP contribution in [0.25, 0.3) is 22.6 Å². The van der Waals surface area contributed by atoms with Crippen molar-refractivity contribution in [1.29, 1.82) is 0 Å². The van der Waals surface area contributed by atoms with E-state index in [2.05, 4.69) is 20.1 Å². The summed E-state index contributed by atoms with van der Waals surface area (Å²) in [5.41, 5.74) is 1.36. The first-order valence-corrected chi connectivity index (χ1v) is 13.1. The Hall–Kier alpha value is -4.39. The number of aromatic nitrogens is 3. The molecule has 0 bridgehead atoms. The highest BCUT2D eigenvalue weighted by Gasteiger charge is 2.28. The fraction of sp³-hybridized carbons (Fsp3) is 0.310. The van der Waals surface area contributed by atoms with Crippen molar-refractivity contribution in [3.05, 3.63) is 77.7 Å². The molecule has 0 aliphatic carbocycles. The Bertz CT molecular complexity index is 1560. The number of pyridine rings is 1. The van der Waals surface area contributed by atoms with Crippen LogP contribution in [0.3, 0.4) is 0 Å². The summed E-state index contributed by atoms with van der Waals surface area (Å²) in [4.78, 5) is 22.2. The van der Waals surface area contributed by atoms with Crippen molar-refractivity contribution in [1.82, 2.24) is 20.1 Å². The van der Waals surface area contributed by atoms with Crippen molar-refractivity contribution in [2.45, 2.75) is 31.9 Å². The molecule has 8 nitrogen and oxygen atoms in total. The molecule has 0 spiro atoms. The third-order valence-electron chi connectivity index (χ3n) is 7.27. The van der Waals surface area contributed by atoms with Gasteiger partial charge in [-0.2, -0.15) is 8.78 Å². The maximum atomic E-state index is 15.6. The zero-order valence-electron chi connectivity index (χ0n) is 22.8. The van der Waals surface area contributed by atoms with Crippen LogP contribution < -0.4 is 9.80 Å². The fourth-order valence-electron chi connectivity index (χ4n) is 5.00. The van der Waals surface area contributed by atoms with Gasteiger partial charge in [-0.25, -0.2) is 13.2 Å². The van der Waals surface area contributed by atoms with Crippen molar-refractivity contribution >= 4 is 17.8 Å². The SMILES string of the molecule is CN1CCC(N(C=O)c2cc(-c3ccc(F)cc3F)c(F)cc2N(C)Cc2ccc(-c3nnc(C(F)F)o3)cn2)CC1. The van der Waals surface area contributed by atoms with Crippen molar-refractivity contribution in [3.8, 4) is 22.6 Å². The van der Waals surface area contributed by atoms with Crippen LogP contribution in [-0.2, 0) is 11.3 Å². The summed E-state index contributed by atoms with van der Waals surface area (Å²) < 4.78 is 74.4. The van der Waals surface area contributed by atoms with E-state index in [0.717, 1.165) is 25.2 Å². The lowest BCUT2D eigenvalue weighted by Gasteiger charge is -2.37. The van der Waals surface area contributed by atoms with Crippen LogP contribution in [0.2, 0.25) is 0 Å². The largest absolute Gasteiger partial charge is 0.415 e. The van der Waals surface area contributed by atoms with Gasteiger partial charge in [0.1, 0.15) is 17.5 Å². The Morgan fingerprint density at radius 3 is 2.36 bits per heavy atom. The molecule has 3 heterocycles. The molecule has 4 aromatic rings. The number of piperidine rings is 1. The van der Waals surface area contributed by atoms with Crippen LogP contribution >= 0.6 is 0 Å². The fourth-order valence-corrected chi connectivity index (χ4v) is 5.00. The van der Waals surface area contributed by atoms with E-state index >= 15 is 4.39 Å². The standard InChI is InChI=1S/C29H27F5N6O2/c1-38-9-7-20(8-10-38)40(16-41)26-12-22(21-6-4-18(30)11-23(21)31)24(32)13-25(26)39(2)15-19-5-3-17(14-35-19)28-36-37-29(42-28)27(33)34/h3-6,11-14,16,20,27H,7-10,15H2,1-2H3. The molecule has 1 aliphatic rings. The number of benzene rings is 2. The van der Waals surface area contributed by atoms with Gasteiger partial charge in [-0.05, 0) is 69.4 Å². The van der Waals surface area contributed by atoms with Gasteiger partial charge in [0.05, 0.1) is 29.2 Å². The number of nitrogens with zero attached hydrogens (tertiary/aromatic N) is 6. The van der Waals surface area contributed by atoms with E-state index in [-0.39, 0.29) is 29.6 Å². The average Bonchev–Trinajstić information content (AvgIpc) is 3.47. The number of halogens is 5. The molecule has 13 heteroatoms. The topological polar surface area (TPSA) is 78.6 Å². The van der Waals surface area contributed by atoms with Crippen LogP contribution in [0.4, 0.5) is 33.3 Å². The summed E-state index contributed by atoms with van der Waals surface area (Å²) in [6.45, 7) is 1.69. The first kappa shape index (κ1) is 29.1. The normalized spacial score (nSPS) is 14.4. The van der Waals surface area contributed by atoms with Crippen molar-refractivity contribution < 1.29 is 31.2 Å². The highest BCUT2D eigenvalue weighted by Crippen LogP contribution is 2.39. The molecule has 0 unspecified atom stereocenters. The Balaban J connectivity index is 1.49. The molecule has 5 rings (SSSR count). The van der Waals surface area contributed by atoms with Gasteiger partial charge in [0.2, 0.25) is 12.3 Å². The molecule has 0 radical (unpaired) electrons. The van der Waals surface area contributed by atoms with Gasteiger partial charge in [-0.1, -0.05) is 0 Å². The van der Waals surface area contributed by atoms with Gasteiger partial charge in [0, 0.05) is 36.5 Å². The van der Waals surface area contributed by atoms with Crippen LogP contribution in [0, 0.1) is 17.5 Å². The van der Waals surface area contributed by atoms with E-state index < -0.39 is 29.8 Å². The summed E-state index contributed by atoms with van der Waals surface area (Å²) in [5.74, 6) is -3.37. The number of likely N-dealkylation sites (tertiary alicyclic amines) is 1. The molecule has 1 fully saturated rings. The Labute approximate surface area is 238 Å². The number of alkyl halides is 2. The highest BCUT2D eigenvalue weighted by molar-refractivity contribution is 5.88. The molecular formula is C29H27F5N6O2. The van der Waals surface area contributed by atoms with E-state index in [4.69, 9.17) is 4.42 Å². The smallest absolute Gasteiger partial charge is 0.314 e. The summed E-state index contributed by atoms with van der Waals surface area (Å²) in [6, 6.07) is 8.56. The average molecular weight is 587 g/mol. The van der Waals surface area contributed by atoms with E-state index in [1.807, 2.05) is 7.05 Å². The zero-order chi connectivity index (χ0) is 30.0. The summed E-state index contributed by atoms with van der Waals surface area (Å²) in [6.07, 6.45) is 0.554. The van der Waals surface area contributed by atoms with Gasteiger partial charge < -0.3 is 19.1 Å². The molecule has 1 aliphatic heterocycles. The first-order chi connectivity index (χ1) is 20.1. The number of carbonyl (C=O) groups excluding carboxylic acids is 1. The molecule has 1 saturated heterocycles. The minimum absolute atomic E-state index is 0.106. The molecular weight excluding hydrogens is 559 g/mol. The molecule has 0 atom stereocenters. The predicted molar refractivity (Wildman–Crippen MR) is 145 cm³/mol. The molecule has 220 valence electrons. The molecule has 0 saturated carbocycles. The lowest BCUT2D eigenvalue weighted by atomic mass is 9.99. The Morgan fingerprint density at radius 2 is 1.74 bits per heavy atom. The number of anilines is 2. The third-order valence-corrected chi connectivity index (χ3v) is 7.27. The zero-order valence-corrected chi connectivity index (χ0v) is 22.8. The highest BCUT2D eigenvalue weighted by atomic mass is 19.3. The third kappa shape index (κ3) is 6.10. The van der Waals surface area contributed by atoms with Crippen molar-refractivity contribution in [3.63, 3.8) is 0 Å². The van der Waals surface area contributed by atoms with Crippen LogP contribution in [0.15, 0.2) is 53.1 Å². The number of hydrogen-bond donors (Lipinski definition) is 0. The minimum Gasteiger partial charge on any atom is -0.415 e. The predicted octanol–water partition coefficient (Wildman–Crippen LogP) is 5.85. The van der Waals surface area contributed by atoms with Crippen molar-refractivity contribution in [2.24, 2.45) is 0 Å². The second-order valence-corrected chi connectivity index (χ2v) is 10.1. The van der Waals surface area contributed by atoms with Crippen LogP contribution in [-0.4, -0.2) is 59.7 Å². The van der Waals surface area contributed by atoms with Gasteiger partial charge in [0.25, 0.3) is 5.89 Å². The second-order valence-electron chi connectivity index (χ2n) is 10.1. The minimum atomic E-state index is -2.90. The molecule has 42 heavy (non-hydrogen) atoms. The Kier molecular flexibility index (Phi) is 8.48. The van der Waals surface area contributed by atoms with E-state index in [1.165, 1.54) is 23.2 Å². The number of hydrogen-bond acceptors (Lipinski definition) is 7. The maximum absolute atomic E-state index is 15.6. The van der Waals surface area contributed by atoms with Gasteiger partial charge in [-0.3, -0.25) is 9.78 Å². The summed E-state index contributed by atoms with van der Waals surface area (Å²) in [7, 11) is 3.68. The lowest BCUT2D eigenvalue weighted by molar-refractivity contribution is -0.108. The van der Waals surface area contributed by atoms with Gasteiger partial charge in [0.15, 0.2) is 0 Å². The monoisotopic (exact) mass is 586 g/mol. The van der Waals surface area contributed by atoms with E-state index in [1.54, 1.807) is 24.1 Å². The first-order valence-electron chi connectivity index (χ1n) is 13.1. The second kappa shape index (κ2) is 12.2. The van der Waals surface area contributed by atoms with Crippen LogP contribution in [0.1, 0.15) is 30.9 Å². The summed E-state index contributed by atoms with van der Waals surface area (Å²) in [5, 5.41) is 6.92. The van der Waals surface area contributed by atoms with Crippen molar-refractivity contribution in [2.75, 3.05) is 37.0 Å². The number of carbonyl (C=O) groups is 1. The quantitative estimate of drug-likeness (QED) is 0.180. The number of amides is 1. The molecule has 2 aromatic carbocycles. The number of rotatable bonds is 9. The Morgan fingerprint density at radius 1 is 1.00 bits per heavy atom. The van der Waals surface area contributed by atoms with E-state index in [0.29, 0.717) is 48.0 Å². The van der Waals surface area contributed by atoms with Gasteiger partial charge in [-0.15, -0.1) is 10.2 Å². The van der Waals surface area contributed by atoms with Gasteiger partial charge >= 0.3 is 6.43 Å². The molecule has 1 amide bonds. The molecule has 0 N–H and O–H groups in total. The van der Waals surface area contributed by atoms with E-state index in [9.17, 15) is 22.4 Å². The maximum Gasteiger partial charge on any atom is 0.314 e. The summed E-state index contributed by atoms with van der Waals surface area (Å²) >= 11 is 0.